The predicted octanol–water partition coefficient (Wildman–Crippen LogP) is 4.92. The maximum absolute atomic E-state index is 7.05. The van der Waals surface area contributed by atoms with Crippen LogP contribution in [-0.2, 0) is 5.33 Å². The zero-order valence-corrected chi connectivity index (χ0v) is 19.4. The van der Waals surface area contributed by atoms with Crippen LogP contribution in [0.4, 0.5) is 0 Å². The van der Waals surface area contributed by atoms with Crippen molar-refractivity contribution in [2.45, 2.75) is 31.1 Å². The van der Waals surface area contributed by atoms with E-state index in [9.17, 15) is 0 Å². The summed E-state index contributed by atoms with van der Waals surface area (Å²) in [7, 11) is -1.04. The fraction of sp³-hybridized carbons (Fsp3) is 0.261. The second-order valence-electron chi connectivity index (χ2n) is 7.70. The molecule has 3 aromatic rings. The highest BCUT2D eigenvalue weighted by Gasteiger charge is 2.52. The minimum atomic E-state index is -2.67. The maximum Gasteiger partial charge on any atom is 0.320 e. The zero-order valence-electron chi connectivity index (χ0n) is 16.8. The molecule has 3 nitrogen and oxygen atoms in total. The number of rotatable bonds is 6. The lowest BCUT2D eigenvalue weighted by Gasteiger charge is -2.43. The van der Waals surface area contributed by atoms with Gasteiger partial charge in [0.1, 0.15) is 5.75 Å². The molecule has 0 saturated carbocycles. The van der Waals surface area contributed by atoms with E-state index >= 15 is 0 Å². The Kier molecular flexibility index (Phi) is 6.25. The van der Waals surface area contributed by atoms with Gasteiger partial charge in [0.25, 0.3) is 0 Å². The van der Waals surface area contributed by atoms with E-state index in [1.807, 2.05) is 12.1 Å². The molecule has 0 aliphatic carbocycles. The van der Waals surface area contributed by atoms with Crippen molar-refractivity contribution in [3.05, 3.63) is 78.5 Å². The van der Waals surface area contributed by atoms with E-state index in [1.54, 1.807) is 7.11 Å². The van der Waals surface area contributed by atoms with Gasteiger partial charge in [-0.2, -0.15) is 0 Å². The number of aromatic nitrogens is 1. The number of nitrogens with zero attached hydrogens (tertiary/aromatic N) is 1. The third-order valence-corrected chi connectivity index (χ3v) is 10.4. The van der Waals surface area contributed by atoms with Crippen molar-refractivity contribution in [2.24, 2.45) is 0 Å². The van der Waals surface area contributed by atoms with Crippen LogP contribution in [0.3, 0.4) is 0 Å². The average Bonchev–Trinajstić information content (AvgIpc) is 2.72. The van der Waals surface area contributed by atoms with Crippen LogP contribution in [0.2, 0.25) is 5.04 Å². The highest BCUT2D eigenvalue weighted by atomic mass is 79.9. The molecule has 1 aromatic heterocycles. The molecule has 0 bridgehead atoms. The zero-order chi connectivity index (χ0) is 20.2. The first-order chi connectivity index (χ1) is 13.4. The molecular formula is C23H26BrNO2Si. The first kappa shape index (κ1) is 20.6. The molecule has 0 aliphatic rings. The summed E-state index contributed by atoms with van der Waals surface area (Å²) in [4.78, 5) is 4.59. The van der Waals surface area contributed by atoms with Gasteiger partial charge < -0.3 is 9.16 Å². The fourth-order valence-electron chi connectivity index (χ4n) is 3.59. The Balaban J connectivity index is 2.25. The number of benzene rings is 2. The van der Waals surface area contributed by atoms with E-state index in [0.717, 1.165) is 11.4 Å². The number of ether oxygens (including phenoxy) is 1. The average molecular weight is 456 g/mol. The van der Waals surface area contributed by atoms with Crippen LogP contribution in [0.25, 0.3) is 0 Å². The smallest absolute Gasteiger partial charge is 0.320 e. The van der Waals surface area contributed by atoms with E-state index < -0.39 is 8.32 Å². The van der Waals surface area contributed by atoms with Crippen LogP contribution in [0.15, 0.2) is 72.8 Å². The fourth-order valence-corrected chi connectivity index (χ4v) is 8.43. The highest BCUT2D eigenvalue weighted by molar-refractivity contribution is 9.08. The lowest BCUT2D eigenvalue weighted by atomic mass is 10.2. The minimum Gasteiger partial charge on any atom is -0.533 e. The molecule has 3 rings (SSSR count). The minimum absolute atomic E-state index is 0.0980. The third-order valence-electron chi connectivity index (χ3n) is 4.92. The number of hydrogen-bond acceptors (Lipinski definition) is 3. The van der Waals surface area contributed by atoms with Crippen molar-refractivity contribution in [1.29, 1.82) is 0 Å². The Labute approximate surface area is 177 Å². The topological polar surface area (TPSA) is 31.4 Å². The molecule has 28 heavy (non-hydrogen) atoms. The Morgan fingerprint density at radius 2 is 1.39 bits per heavy atom. The van der Waals surface area contributed by atoms with Gasteiger partial charge in [-0.25, -0.2) is 4.98 Å². The van der Waals surface area contributed by atoms with Gasteiger partial charge in [0.2, 0.25) is 5.88 Å². The van der Waals surface area contributed by atoms with Gasteiger partial charge in [-0.3, -0.25) is 0 Å². The van der Waals surface area contributed by atoms with E-state index in [-0.39, 0.29) is 5.04 Å². The second kappa shape index (κ2) is 8.49. The Hall–Kier alpha value is -2.11. The summed E-state index contributed by atoms with van der Waals surface area (Å²) in [5.41, 5.74) is 0.840. The number of halogens is 1. The van der Waals surface area contributed by atoms with E-state index in [4.69, 9.17) is 9.16 Å². The molecule has 5 heteroatoms. The normalized spacial score (nSPS) is 11.9. The standard InChI is InChI=1S/C23H26BrNO2Si/c1-23(2,3)28(18-11-7-5-8-12-18,19-13-9-6-10-14-19)27-21-15-16-22(26-4)25-20(21)17-24/h5-16H,17H2,1-4H3. The Morgan fingerprint density at radius 3 is 1.82 bits per heavy atom. The lowest BCUT2D eigenvalue weighted by molar-refractivity contribution is 0.394. The summed E-state index contributed by atoms with van der Waals surface area (Å²) in [6.07, 6.45) is 0. The molecule has 2 aromatic carbocycles. The first-order valence-corrected chi connectivity index (χ1v) is 12.4. The summed E-state index contributed by atoms with van der Waals surface area (Å²) in [6.45, 7) is 6.80. The summed E-state index contributed by atoms with van der Waals surface area (Å²) < 4.78 is 12.4. The van der Waals surface area contributed by atoms with Crippen molar-refractivity contribution in [3.8, 4) is 11.6 Å². The quantitative estimate of drug-likeness (QED) is 0.390. The van der Waals surface area contributed by atoms with Crippen molar-refractivity contribution in [1.82, 2.24) is 4.98 Å². The molecule has 0 unspecified atom stereocenters. The molecule has 0 amide bonds. The number of alkyl halides is 1. The highest BCUT2D eigenvalue weighted by Crippen LogP contribution is 2.38. The summed E-state index contributed by atoms with van der Waals surface area (Å²) in [5.74, 6) is 1.39. The number of pyridine rings is 1. The third kappa shape index (κ3) is 3.87. The van der Waals surface area contributed by atoms with Crippen LogP contribution >= 0.6 is 15.9 Å². The molecule has 0 saturated heterocycles. The molecule has 0 N–H and O–H groups in total. The van der Waals surface area contributed by atoms with Gasteiger partial charge in [-0.15, -0.1) is 0 Å². The van der Waals surface area contributed by atoms with Gasteiger partial charge in [-0.05, 0) is 21.5 Å². The van der Waals surface area contributed by atoms with Gasteiger partial charge in [0.15, 0.2) is 0 Å². The van der Waals surface area contributed by atoms with Crippen molar-refractivity contribution >= 4 is 34.6 Å². The molecule has 0 atom stereocenters. The monoisotopic (exact) mass is 455 g/mol. The van der Waals surface area contributed by atoms with Gasteiger partial charge in [-0.1, -0.05) is 97.4 Å². The first-order valence-electron chi connectivity index (χ1n) is 9.32. The number of hydrogen-bond donors (Lipinski definition) is 0. The number of methoxy groups -OCH3 is 1. The largest absolute Gasteiger partial charge is 0.533 e. The van der Waals surface area contributed by atoms with E-state index in [0.29, 0.717) is 11.2 Å². The van der Waals surface area contributed by atoms with Crippen molar-refractivity contribution in [3.63, 3.8) is 0 Å². The Morgan fingerprint density at radius 1 is 0.857 bits per heavy atom. The van der Waals surface area contributed by atoms with Crippen LogP contribution < -0.4 is 19.5 Å². The molecule has 0 fully saturated rings. The predicted molar refractivity (Wildman–Crippen MR) is 122 cm³/mol. The van der Waals surface area contributed by atoms with Crippen LogP contribution in [-0.4, -0.2) is 20.4 Å². The SMILES string of the molecule is COc1ccc(O[Si](c2ccccc2)(c2ccccc2)C(C)(C)C)c(CBr)n1. The summed E-state index contributed by atoms with van der Waals surface area (Å²) >= 11 is 3.56. The van der Waals surface area contributed by atoms with Crippen molar-refractivity contribution in [2.75, 3.05) is 7.11 Å². The van der Waals surface area contributed by atoms with Crippen LogP contribution in [0.5, 0.6) is 11.6 Å². The maximum atomic E-state index is 7.05. The molecule has 0 spiro atoms. The van der Waals surface area contributed by atoms with Crippen LogP contribution in [0.1, 0.15) is 26.5 Å². The second-order valence-corrected chi connectivity index (χ2v) is 12.5. The molecule has 1 heterocycles. The van der Waals surface area contributed by atoms with Crippen molar-refractivity contribution < 1.29 is 9.16 Å². The molecule has 0 radical (unpaired) electrons. The van der Waals surface area contributed by atoms with Crippen LogP contribution in [0, 0.1) is 0 Å². The molecule has 146 valence electrons. The Bertz CT molecular complexity index is 871. The summed E-state index contributed by atoms with van der Waals surface area (Å²) in [5, 5.41) is 2.98. The molecular weight excluding hydrogens is 430 g/mol. The lowest BCUT2D eigenvalue weighted by Crippen LogP contribution is -2.68. The van der Waals surface area contributed by atoms with Gasteiger partial charge in [0.05, 0.1) is 12.8 Å². The van der Waals surface area contributed by atoms with E-state index in [1.165, 1.54) is 10.4 Å². The summed E-state index contributed by atoms with van der Waals surface area (Å²) in [6, 6.07) is 25.1. The van der Waals surface area contributed by atoms with Gasteiger partial charge >= 0.3 is 8.32 Å². The van der Waals surface area contributed by atoms with Gasteiger partial charge in [0, 0.05) is 11.4 Å². The molecule has 0 aliphatic heterocycles. The van der Waals surface area contributed by atoms with E-state index in [2.05, 4.69) is 102 Å².